The van der Waals surface area contributed by atoms with Gasteiger partial charge in [0.15, 0.2) is 0 Å². The topological polar surface area (TPSA) is 9.23 Å². The summed E-state index contributed by atoms with van der Waals surface area (Å²) in [6.45, 7) is 15.7. The quantitative estimate of drug-likeness (QED) is 0.347. The zero-order valence-electron chi connectivity index (χ0n) is 24.0. The van der Waals surface area contributed by atoms with Gasteiger partial charge in [0.25, 0.3) is 0 Å². The lowest BCUT2D eigenvalue weighted by molar-refractivity contribution is -0.0707. The molecule has 3 fully saturated rings. The van der Waals surface area contributed by atoms with Gasteiger partial charge >= 0.3 is 0 Å². The zero-order chi connectivity index (χ0) is 25.5. The van der Waals surface area contributed by atoms with Crippen LogP contribution in [-0.2, 0) is 11.3 Å². The van der Waals surface area contributed by atoms with E-state index >= 15 is 0 Å². The molecule has 4 aliphatic carbocycles. The van der Waals surface area contributed by atoms with Gasteiger partial charge in [0, 0.05) is 0 Å². The van der Waals surface area contributed by atoms with E-state index in [-0.39, 0.29) is 0 Å². The van der Waals surface area contributed by atoms with Crippen LogP contribution in [0.4, 0.5) is 0 Å². The minimum absolute atomic E-state index is 0.434. The van der Waals surface area contributed by atoms with Gasteiger partial charge in [-0.3, -0.25) is 0 Å². The van der Waals surface area contributed by atoms with Crippen molar-refractivity contribution in [3.05, 3.63) is 59.7 Å². The van der Waals surface area contributed by atoms with Crippen LogP contribution in [0.3, 0.4) is 0 Å². The molecule has 0 bridgehead atoms. The Morgan fingerprint density at radius 3 is 2.36 bits per heavy atom. The summed E-state index contributed by atoms with van der Waals surface area (Å²) < 4.78 is 6.45. The van der Waals surface area contributed by atoms with Crippen molar-refractivity contribution in [2.45, 2.75) is 106 Å². The summed E-state index contributed by atoms with van der Waals surface area (Å²) in [5.74, 6) is 5.38. The first-order valence-electron chi connectivity index (χ1n) is 15.3. The lowest BCUT2D eigenvalue weighted by Gasteiger charge is -2.58. The molecule has 0 amide bonds. The molecule has 36 heavy (non-hydrogen) atoms. The number of hydrogen-bond acceptors (Lipinski definition) is 1. The minimum Gasteiger partial charge on any atom is -0.374 e. The summed E-state index contributed by atoms with van der Waals surface area (Å²) in [5.41, 5.74) is 4.17. The van der Waals surface area contributed by atoms with E-state index in [1.54, 1.807) is 0 Å². The van der Waals surface area contributed by atoms with E-state index < -0.39 is 0 Å². The maximum absolute atomic E-state index is 6.45. The smallest absolute Gasteiger partial charge is 0.0720 e. The molecule has 9 atom stereocenters. The van der Waals surface area contributed by atoms with Crippen LogP contribution in [0, 0.1) is 52.3 Å². The molecular formula is C35H52O. The SMILES string of the molecule is CC(C)[C@@H](C)/C=C/[C@@H](C)C1CCC2C3=CC[C@H]4CC(OCc5ccccc5)CC[C@@]4(C)C3CCC21C. The Bertz CT molecular complexity index is 943. The van der Waals surface area contributed by atoms with Crippen molar-refractivity contribution in [3.8, 4) is 0 Å². The highest BCUT2D eigenvalue weighted by atomic mass is 16.5. The fourth-order valence-electron chi connectivity index (χ4n) is 9.02. The van der Waals surface area contributed by atoms with Crippen LogP contribution in [0.15, 0.2) is 54.1 Å². The number of allylic oxidation sites excluding steroid dienone is 4. The van der Waals surface area contributed by atoms with Gasteiger partial charge in [0.05, 0.1) is 12.7 Å². The first-order chi connectivity index (χ1) is 17.2. The molecule has 0 radical (unpaired) electrons. The Hall–Kier alpha value is -1.34. The van der Waals surface area contributed by atoms with Crippen molar-refractivity contribution in [2.24, 2.45) is 52.3 Å². The van der Waals surface area contributed by atoms with Gasteiger partial charge in [-0.25, -0.2) is 0 Å². The number of fused-ring (bicyclic) bond motifs is 5. The van der Waals surface area contributed by atoms with Crippen molar-refractivity contribution < 1.29 is 4.74 Å². The maximum atomic E-state index is 6.45. The van der Waals surface area contributed by atoms with E-state index in [9.17, 15) is 0 Å². The standard InChI is InChI=1S/C35H52O/c1-24(2)25(3)12-13-26(4)31-16-17-32-30-15-14-28-22-29(36-23-27-10-8-7-9-11-27)18-20-34(28,5)33(30)19-21-35(31,32)6/h7-13,15,24-26,28-29,31-33H,14,16-23H2,1-6H3/b13-12+/t25-,26+,28-,29?,31?,32?,33?,34+,35?/m0/s1. The first-order valence-corrected chi connectivity index (χ1v) is 15.3. The van der Waals surface area contributed by atoms with Gasteiger partial charge in [-0.2, -0.15) is 0 Å². The molecule has 1 aromatic rings. The summed E-state index contributed by atoms with van der Waals surface area (Å²) in [4.78, 5) is 0. The molecule has 0 aromatic heterocycles. The molecule has 0 spiro atoms. The second-order valence-corrected chi connectivity index (χ2v) is 14.0. The summed E-state index contributed by atoms with van der Waals surface area (Å²) in [7, 11) is 0. The fraction of sp³-hybridized carbons (Fsp3) is 0.714. The fourth-order valence-corrected chi connectivity index (χ4v) is 9.02. The normalized spacial score (nSPS) is 39.9. The van der Waals surface area contributed by atoms with E-state index in [1.165, 1.54) is 56.9 Å². The average Bonchev–Trinajstić information content (AvgIpc) is 3.23. The van der Waals surface area contributed by atoms with Crippen LogP contribution in [0.5, 0.6) is 0 Å². The van der Waals surface area contributed by atoms with Gasteiger partial charge in [-0.15, -0.1) is 0 Å². The summed E-state index contributed by atoms with van der Waals surface area (Å²) in [5, 5.41) is 0. The Labute approximate surface area is 222 Å². The van der Waals surface area contributed by atoms with Crippen LogP contribution in [0.1, 0.15) is 98.5 Å². The molecule has 0 saturated heterocycles. The summed E-state index contributed by atoms with van der Waals surface area (Å²) in [6.07, 6.45) is 19.1. The monoisotopic (exact) mass is 488 g/mol. The molecule has 0 aliphatic heterocycles. The summed E-state index contributed by atoms with van der Waals surface area (Å²) in [6, 6.07) is 10.7. The van der Waals surface area contributed by atoms with E-state index in [2.05, 4.69) is 90.1 Å². The molecule has 0 N–H and O–H groups in total. The predicted molar refractivity (Wildman–Crippen MR) is 153 cm³/mol. The molecule has 1 heteroatoms. The molecule has 5 rings (SSSR count). The van der Waals surface area contributed by atoms with E-state index in [0.29, 0.717) is 28.8 Å². The van der Waals surface area contributed by atoms with Gasteiger partial charge in [-0.05, 0) is 109 Å². The Balaban J connectivity index is 1.26. The predicted octanol–water partition coefficient (Wildman–Crippen LogP) is 9.64. The van der Waals surface area contributed by atoms with Crippen LogP contribution in [0.25, 0.3) is 0 Å². The van der Waals surface area contributed by atoms with Crippen LogP contribution < -0.4 is 0 Å². The largest absolute Gasteiger partial charge is 0.374 e. The van der Waals surface area contributed by atoms with Crippen LogP contribution >= 0.6 is 0 Å². The molecular weight excluding hydrogens is 436 g/mol. The molecule has 198 valence electrons. The Kier molecular flexibility index (Phi) is 7.62. The third kappa shape index (κ3) is 4.79. The molecule has 0 heterocycles. The van der Waals surface area contributed by atoms with E-state index in [4.69, 9.17) is 4.74 Å². The lowest BCUT2D eigenvalue weighted by atomic mass is 9.47. The summed E-state index contributed by atoms with van der Waals surface area (Å²) >= 11 is 0. The van der Waals surface area contributed by atoms with Crippen molar-refractivity contribution >= 4 is 0 Å². The van der Waals surface area contributed by atoms with Gasteiger partial charge in [0.2, 0.25) is 0 Å². The molecule has 4 aliphatic rings. The van der Waals surface area contributed by atoms with E-state index in [1.807, 2.05) is 5.57 Å². The number of ether oxygens (including phenoxy) is 1. The van der Waals surface area contributed by atoms with Crippen molar-refractivity contribution in [2.75, 3.05) is 0 Å². The maximum Gasteiger partial charge on any atom is 0.0720 e. The van der Waals surface area contributed by atoms with Crippen molar-refractivity contribution in [1.82, 2.24) is 0 Å². The third-order valence-electron chi connectivity index (χ3n) is 11.8. The van der Waals surface area contributed by atoms with Crippen molar-refractivity contribution in [1.29, 1.82) is 0 Å². The highest BCUT2D eigenvalue weighted by molar-refractivity contribution is 5.28. The highest BCUT2D eigenvalue weighted by Crippen LogP contribution is 2.66. The number of hydrogen-bond donors (Lipinski definition) is 0. The van der Waals surface area contributed by atoms with Gasteiger partial charge < -0.3 is 4.74 Å². The number of rotatable bonds is 7. The molecule has 1 nitrogen and oxygen atoms in total. The Morgan fingerprint density at radius 1 is 0.889 bits per heavy atom. The average molecular weight is 489 g/mol. The third-order valence-corrected chi connectivity index (χ3v) is 11.8. The first kappa shape index (κ1) is 26.3. The second-order valence-electron chi connectivity index (χ2n) is 14.0. The second kappa shape index (κ2) is 10.4. The van der Waals surface area contributed by atoms with Crippen LogP contribution in [-0.4, -0.2) is 6.10 Å². The minimum atomic E-state index is 0.434. The molecule has 5 unspecified atom stereocenters. The molecule has 3 saturated carbocycles. The Morgan fingerprint density at radius 2 is 1.61 bits per heavy atom. The highest BCUT2D eigenvalue weighted by Gasteiger charge is 2.58. The number of benzene rings is 1. The molecule has 1 aromatic carbocycles. The van der Waals surface area contributed by atoms with Crippen molar-refractivity contribution in [3.63, 3.8) is 0 Å². The van der Waals surface area contributed by atoms with Gasteiger partial charge in [-0.1, -0.05) is 95.7 Å². The van der Waals surface area contributed by atoms with Gasteiger partial charge in [0.1, 0.15) is 0 Å². The van der Waals surface area contributed by atoms with E-state index in [0.717, 1.165) is 36.2 Å². The lowest BCUT2D eigenvalue weighted by Crippen LogP contribution is -2.50. The zero-order valence-corrected chi connectivity index (χ0v) is 24.0. The van der Waals surface area contributed by atoms with Crippen LogP contribution in [0.2, 0.25) is 0 Å².